The number of hydrogen-bond donors (Lipinski definition) is 2. The molecule has 0 amide bonds. The van der Waals surface area contributed by atoms with E-state index < -0.39 is 0 Å². The molecule has 2 N–H and O–H groups in total. The van der Waals surface area contributed by atoms with E-state index in [1.165, 1.54) is 6.42 Å². The predicted octanol–water partition coefficient (Wildman–Crippen LogP) is 2.90. The van der Waals surface area contributed by atoms with Gasteiger partial charge in [-0.15, -0.1) is 0 Å². The highest BCUT2D eigenvalue weighted by Gasteiger charge is 2.10. The van der Waals surface area contributed by atoms with E-state index in [1.807, 2.05) is 6.07 Å². The Morgan fingerprint density at radius 1 is 1.31 bits per heavy atom. The second kappa shape index (κ2) is 5.68. The minimum atomic E-state index is 0.0229. The molecule has 4 heteroatoms. The van der Waals surface area contributed by atoms with Gasteiger partial charge in [-0.3, -0.25) is 0 Å². The molecule has 0 atom stereocenters. The van der Waals surface area contributed by atoms with E-state index in [1.54, 1.807) is 6.20 Å². The van der Waals surface area contributed by atoms with Crippen molar-refractivity contribution in [1.29, 1.82) is 0 Å². The van der Waals surface area contributed by atoms with Crippen LogP contribution in [0.5, 0.6) is 0 Å². The largest absolute Gasteiger partial charge is 0.365 e. The topological polar surface area (TPSA) is 49.8 Å². The van der Waals surface area contributed by atoms with Gasteiger partial charge in [-0.05, 0) is 33.3 Å². The fourth-order valence-corrected chi connectivity index (χ4v) is 1.27. The summed E-state index contributed by atoms with van der Waals surface area (Å²) >= 11 is 0. The Kier molecular flexibility index (Phi) is 4.52. The molecule has 1 heterocycles. The van der Waals surface area contributed by atoms with Crippen molar-refractivity contribution in [2.24, 2.45) is 0 Å². The van der Waals surface area contributed by atoms with E-state index in [9.17, 15) is 0 Å². The maximum atomic E-state index is 4.40. The van der Waals surface area contributed by atoms with E-state index in [0.29, 0.717) is 5.95 Å². The fourth-order valence-electron chi connectivity index (χ4n) is 1.27. The first-order valence-electron chi connectivity index (χ1n) is 5.86. The molecule has 0 unspecified atom stereocenters. The molecule has 16 heavy (non-hydrogen) atoms. The Hall–Kier alpha value is -1.32. The van der Waals surface area contributed by atoms with Crippen LogP contribution in [-0.2, 0) is 0 Å². The summed E-state index contributed by atoms with van der Waals surface area (Å²) in [5, 5.41) is 6.53. The SMILES string of the molecule is CCCCNc1nccc(NC(C)(C)C)n1. The zero-order chi connectivity index (χ0) is 12.0. The molecule has 90 valence electrons. The summed E-state index contributed by atoms with van der Waals surface area (Å²) in [5.41, 5.74) is 0.0229. The fraction of sp³-hybridized carbons (Fsp3) is 0.667. The van der Waals surface area contributed by atoms with Crippen LogP contribution in [0, 0.1) is 0 Å². The molecule has 0 fully saturated rings. The monoisotopic (exact) mass is 222 g/mol. The average Bonchev–Trinajstić information content (AvgIpc) is 2.16. The van der Waals surface area contributed by atoms with Crippen LogP contribution in [0.2, 0.25) is 0 Å². The standard InChI is InChI=1S/C12H22N4/c1-5-6-8-13-11-14-9-7-10(15-11)16-12(2,3)4/h7,9H,5-6,8H2,1-4H3,(H2,13,14,15,16). The van der Waals surface area contributed by atoms with E-state index >= 15 is 0 Å². The van der Waals surface area contributed by atoms with Gasteiger partial charge in [-0.1, -0.05) is 13.3 Å². The van der Waals surface area contributed by atoms with Crippen molar-refractivity contribution < 1.29 is 0 Å². The maximum Gasteiger partial charge on any atom is 0.224 e. The van der Waals surface area contributed by atoms with Gasteiger partial charge in [0.1, 0.15) is 5.82 Å². The van der Waals surface area contributed by atoms with Crippen LogP contribution in [-0.4, -0.2) is 22.1 Å². The quantitative estimate of drug-likeness (QED) is 0.752. The molecule has 0 saturated heterocycles. The number of nitrogens with zero attached hydrogens (tertiary/aromatic N) is 2. The number of aromatic nitrogens is 2. The number of unbranched alkanes of at least 4 members (excludes halogenated alkanes) is 1. The Balaban J connectivity index is 2.57. The summed E-state index contributed by atoms with van der Waals surface area (Å²) in [5.74, 6) is 1.56. The molecule has 0 radical (unpaired) electrons. The van der Waals surface area contributed by atoms with Crippen LogP contribution < -0.4 is 10.6 Å². The normalized spacial score (nSPS) is 11.2. The Morgan fingerprint density at radius 3 is 2.69 bits per heavy atom. The molecular formula is C12H22N4. The van der Waals surface area contributed by atoms with Crippen molar-refractivity contribution >= 4 is 11.8 Å². The molecule has 0 aliphatic rings. The van der Waals surface area contributed by atoms with Gasteiger partial charge in [0.15, 0.2) is 0 Å². The van der Waals surface area contributed by atoms with Gasteiger partial charge in [-0.2, -0.15) is 4.98 Å². The van der Waals surface area contributed by atoms with E-state index in [-0.39, 0.29) is 5.54 Å². The summed E-state index contributed by atoms with van der Waals surface area (Å²) in [7, 11) is 0. The van der Waals surface area contributed by atoms with Crippen molar-refractivity contribution in [3.63, 3.8) is 0 Å². The molecule has 0 spiro atoms. The van der Waals surface area contributed by atoms with Gasteiger partial charge in [0.2, 0.25) is 5.95 Å². The van der Waals surface area contributed by atoms with Crippen LogP contribution in [0.1, 0.15) is 40.5 Å². The number of hydrogen-bond acceptors (Lipinski definition) is 4. The highest BCUT2D eigenvalue weighted by Crippen LogP contribution is 2.12. The van der Waals surface area contributed by atoms with Gasteiger partial charge < -0.3 is 10.6 Å². The zero-order valence-electron chi connectivity index (χ0n) is 10.7. The Morgan fingerprint density at radius 2 is 2.06 bits per heavy atom. The summed E-state index contributed by atoms with van der Waals surface area (Å²) < 4.78 is 0. The molecule has 1 aromatic rings. The first kappa shape index (κ1) is 12.7. The van der Waals surface area contributed by atoms with Crippen LogP contribution in [0.15, 0.2) is 12.3 Å². The summed E-state index contributed by atoms with van der Waals surface area (Å²) in [6, 6.07) is 1.89. The van der Waals surface area contributed by atoms with Crippen LogP contribution in [0.3, 0.4) is 0 Å². The van der Waals surface area contributed by atoms with Crippen LogP contribution >= 0.6 is 0 Å². The van der Waals surface area contributed by atoms with Crippen LogP contribution in [0.25, 0.3) is 0 Å². The number of rotatable bonds is 5. The maximum absolute atomic E-state index is 4.40. The minimum Gasteiger partial charge on any atom is -0.365 e. The molecule has 0 aromatic carbocycles. The first-order valence-corrected chi connectivity index (χ1v) is 5.86. The summed E-state index contributed by atoms with van der Waals surface area (Å²) in [6.07, 6.45) is 4.09. The van der Waals surface area contributed by atoms with E-state index in [2.05, 4.69) is 48.3 Å². The molecule has 0 saturated carbocycles. The molecule has 0 aliphatic heterocycles. The van der Waals surface area contributed by atoms with Crippen molar-refractivity contribution in [2.45, 2.75) is 46.1 Å². The van der Waals surface area contributed by atoms with E-state index in [0.717, 1.165) is 18.8 Å². The highest BCUT2D eigenvalue weighted by atomic mass is 15.1. The Bertz CT molecular complexity index is 317. The van der Waals surface area contributed by atoms with Crippen LogP contribution in [0.4, 0.5) is 11.8 Å². The molecular weight excluding hydrogens is 200 g/mol. The minimum absolute atomic E-state index is 0.0229. The molecule has 0 bridgehead atoms. The van der Waals surface area contributed by atoms with Gasteiger partial charge >= 0.3 is 0 Å². The zero-order valence-corrected chi connectivity index (χ0v) is 10.7. The molecule has 1 rings (SSSR count). The second-order valence-corrected chi connectivity index (χ2v) is 4.92. The first-order chi connectivity index (χ1) is 7.51. The lowest BCUT2D eigenvalue weighted by atomic mass is 10.1. The third-order valence-corrected chi connectivity index (χ3v) is 1.97. The van der Waals surface area contributed by atoms with Gasteiger partial charge in [0.05, 0.1) is 0 Å². The lowest BCUT2D eigenvalue weighted by Gasteiger charge is -2.21. The second-order valence-electron chi connectivity index (χ2n) is 4.92. The van der Waals surface area contributed by atoms with Gasteiger partial charge in [-0.25, -0.2) is 4.98 Å². The third kappa shape index (κ3) is 4.96. The lowest BCUT2D eigenvalue weighted by molar-refractivity contribution is 0.630. The van der Waals surface area contributed by atoms with Crippen molar-refractivity contribution in [1.82, 2.24) is 9.97 Å². The average molecular weight is 222 g/mol. The van der Waals surface area contributed by atoms with Gasteiger partial charge in [0, 0.05) is 18.3 Å². The predicted molar refractivity (Wildman–Crippen MR) is 68.8 cm³/mol. The van der Waals surface area contributed by atoms with E-state index in [4.69, 9.17) is 0 Å². The van der Waals surface area contributed by atoms with Crippen molar-refractivity contribution in [3.05, 3.63) is 12.3 Å². The van der Waals surface area contributed by atoms with Gasteiger partial charge in [0.25, 0.3) is 0 Å². The molecule has 1 aromatic heterocycles. The molecule has 0 aliphatic carbocycles. The smallest absolute Gasteiger partial charge is 0.224 e. The lowest BCUT2D eigenvalue weighted by Crippen LogP contribution is -2.26. The highest BCUT2D eigenvalue weighted by molar-refractivity contribution is 5.41. The molecule has 4 nitrogen and oxygen atoms in total. The number of nitrogens with one attached hydrogen (secondary N) is 2. The van der Waals surface area contributed by atoms with Crippen molar-refractivity contribution in [3.8, 4) is 0 Å². The Labute approximate surface area is 97.9 Å². The third-order valence-electron chi connectivity index (χ3n) is 1.97. The summed E-state index contributed by atoms with van der Waals surface area (Å²) in [4.78, 5) is 8.58. The number of anilines is 2. The summed E-state index contributed by atoms with van der Waals surface area (Å²) in [6.45, 7) is 9.42. The van der Waals surface area contributed by atoms with Crippen molar-refractivity contribution in [2.75, 3.05) is 17.2 Å².